The summed E-state index contributed by atoms with van der Waals surface area (Å²) in [5, 5.41) is 0. The fraction of sp³-hybridized carbons (Fsp3) is 1.00. The van der Waals surface area contributed by atoms with Crippen LogP contribution in [0.15, 0.2) is 0 Å². The van der Waals surface area contributed by atoms with Gasteiger partial charge in [0.05, 0.1) is 6.61 Å². The molecule has 0 bridgehead atoms. The highest BCUT2D eigenvalue weighted by Crippen LogP contribution is 2.21. The Morgan fingerprint density at radius 2 is 1.87 bits per heavy atom. The molecule has 0 fully saturated rings. The third kappa shape index (κ3) is 10.3. The molecule has 90 valence electrons. The number of ether oxygens (including phenoxy) is 2. The standard InChI is InChI=1S/C10H22O4P/c1-4-12-8-6-7-10(9-13-5-2)14-15(3)11/h10H,4-9H2,1-3H3/q+1. The molecule has 5 heteroatoms. The van der Waals surface area contributed by atoms with Gasteiger partial charge in [-0.05, 0) is 31.3 Å². The lowest BCUT2D eigenvalue weighted by Crippen LogP contribution is -2.18. The highest BCUT2D eigenvalue weighted by molar-refractivity contribution is 7.38. The molecule has 0 heterocycles. The summed E-state index contributed by atoms with van der Waals surface area (Å²) < 4.78 is 26.7. The largest absolute Gasteiger partial charge is 0.505 e. The Morgan fingerprint density at radius 1 is 1.20 bits per heavy atom. The first-order chi connectivity index (χ1) is 7.20. The fourth-order valence-electron chi connectivity index (χ4n) is 1.18. The lowest BCUT2D eigenvalue weighted by molar-refractivity contribution is 0.0494. The summed E-state index contributed by atoms with van der Waals surface area (Å²) in [6, 6.07) is 0. The third-order valence-corrected chi connectivity index (χ3v) is 2.42. The van der Waals surface area contributed by atoms with Crippen LogP contribution < -0.4 is 0 Å². The van der Waals surface area contributed by atoms with E-state index in [1.54, 1.807) is 6.66 Å². The van der Waals surface area contributed by atoms with Crippen LogP contribution in [-0.2, 0) is 18.6 Å². The van der Waals surface area contributed by atoms with E-state index in [4.69, 9.17) is 14.0 Å². The molecule has 2 unspecified atom stereocenters. The maximum atomic E-state index is 10.9. The molecule has 0 aromatic rings. The van der Waals surface area contributed by atoms with Crippen LogP contribution in [-0.4, -0.2) is 39.2 Å². The second-order valence-electron chi connectivity index (χ2n) is 3.17. The summed E-state index contributed by atoms with van der Waals surface area (Å²) in [6.07, 6.45) is 1.67. The molecule has 0 aliphatic heterocycles. The van der Waals surface area contributed by atoms with Gasteiger partial charge >= 0.3 is 8.03 Å². The van der Waals surface area contributed by atoms with Gasteiger partial charge < -0.3 is 9.47 Å². The summed E-state index contributed by atoms with van der Waals surface area (Å²) >= 11 is 0. The second kappa shape index (κ2) is 10.5. The van der Waals surface area contributed by atoms with E-state index in [1.807, 2.05) is 13.8 Å². The first-order valence-corrected chi connectivity index (χ1v) is 7.06. The summed E-state index contributed by atoms with van der Waals surface area (Å²) in [5.74, 6) is 0. The summed E-state index contributed by atoms with van der Waals surface area (Å²) in [6.45, 7) is 8.10. The summed E-state index contributed by atoms with van der Waals surface area (Å²) in [4.78, 5) is 0. The molecule has 0 radical (unpaired) electrons. The van der Waals surface area contributed by atoms with Crippen LogP contribution in [0.1, 0.15) is 26.7 Å². The molecule has 0 aromatic heterocycles. The minimum absolute atomic E-state index is 0.0704. The zero-order chi connectivity index (χ0) is 11.5. The topological polar surface area (TPSA) is 44.8 Å². The van der Waals surface area contributed by atoms with Crippen molar-refractivity contribution in [2.75, 3.05) is 33.1 Å². The maximum absolute atomic E-state index is 10.9. The van der Waals surface area contributed by atoms with Crippen LogP contribution in [0.3, 0.4) is 0 Å². The highest BCUT2D eigenvalue weighted by atomic mass is 31.1. The Bertz CT molecular complexity index is 164. The van der Waals surface area contributed by atoms with Crippen molar-refractivity contribution < 1.29 is 18.6 Å². The zero-order valence-electron chi connectivity index (χ0n) is 9.90. The van der Waals surface area contributed by atoms with E-state index in [0.29, 0.717) is 13.2 Å². The van der Waals surface area contributed by atoms with Crippen LogP contribution in [0, 0.1) is 0 Å². The fourth-order valence-corrected chi connectivity index (χ4v) is 1.77. The smallest absolute Gasteiger partial charge is 0.382 e. The summed E-state index contributed by atoms with van der Waals surface area (Å²) in [7, 11) is -1.55. The van der Waals surface area contributed by atoms with Crippen LogP contribution in [0.5, 0.6) is 0 Å². The quantitative estimate of drug-likeness (QED) is 0.432. The molecular formula is C10H22O4P+. The monoisotopic (exact) mass is 237 g/mol. The molecule has 0 saturated carbocycles. The molecule has 0 spiro atoms. The highest BCUT2D eigenvalue weighted by Gasteiger charge is 2.19. The second-order valence-corrected chi connectivity index (χ2v) is 4.26. The average Bonchev–Trinajstić information content (AvgIpc) is 2.19. The number of hydrogen-bond donors (Lipinski definition) is 0. The first kappa shape index (κ1) is 15.0. The lowest BCUT2D eigenvalue weighted by Gasteiger charge is -2.10. The number of rotatable bonds is 10. The van der Waals surface area contributed by atoms with Gasteiger partial charge in [0.2, 0.25) is 0 Å². The van der Waals surface area contributed by atoms with Crippen molar-refractivity contribution in [3.05, 3.63) is 0 Å². The molecule has 4 nitrogen and oxygen atoms in total. The van der Waals surface area contributed by atoms with E-state index in [-0.39, 0.29) is 6.10 Å². The average molecular weight is 237 g/mol. The Labute approximate surface area is 93.2 Å². The van der Waals surface area contributed by atoms with Crippen molar-refractivity contribution in [2.45, 2.75) is 32.8 Å². The Balaban J connectivity index is 3.64. The van der Waals surface area contributed by atoms with Crippen LogP contribution >= 0.6 is 8.03 Å². The van der Waals surface area contributed by atoms with E-state index in [9.17, 15) is 4.57 Å². The molecule has 15 heavy (non-hydrogen) atoms. The predicted octanol–water partition coefficient (Wildman–Crippen LogP) is 2.60. The van der Waals surface area contributed by atoms with Crippen molar-refractivity contribution in [3.8, 4) is 0 Å². The van der Waals surface area contributed by atoms with Gasteiger partial charge in [-0.2, -0.15) is 0 Å². The molecule has 0 saturated heterocycles. The van der Waals surface area contributed by atoms with Crippen LogP contribution in [0.4, 0.5) is 0 Å². The molecule has 2 atom stereocenters. The van der Waals surface area contributed by atoms with Gasteiger partial charge in [0, 0.05) is 19.8 Å². The van der Waals surface area contributed by atoms with Gasteiger partial charge in [0.25, 0.3) is 0 Å². The van der Waals surface area contributed by atoms with Gasteiger partial charge in [-0.15, -0.1) is 4.52 Å². The molecule has 0 aliphatic rings. The van der Waals surface area contributed by atoms with Crippen molar-refractivity contribution in [1.82, 2.24) is 0 Å². The Kier molecular flexibility index (Phi) is 10.5. The van der Waals surface area contributed by atoms with Crippen molar-refractivity contribution >= 4 is 8.03 Å². The van der Waals surface area contributed by atoms with Gasteiger partial charge in [-0.25, -0.2) is 0 Å². The minimum Gasteiger partial charge on any atom is -0.382 e. The first-order valence-electron chi connectivity index (χ1n) is 5.43. The predicted molar refractivity (Wildman–Crippen MR) is 60.6 cm³/mol. The molecule has 0 N–H and O–H groups in total. The van der Waals surface area contributed by atoms with Gasteiger partial charge in [-0.1, -0.05) is 0 Å². The van der Waals surface area contributed by atoms with Crippen molar-refractivity contribution in [2.24, 2.45) is 0 Å². The Hall–Kier alpha value is -0.0200. The molecule has 0 aliphatic carbocycles. The van der Waals surface area contributed by atoms with E-state index in [1.165, 1.54) is 0 Å². The zero-order valence-corrected chi connectivity index (χ0v) is 10.8. The lowest BCUT2D eigenvalue weighted by atomic mass is 10.2. The van der Waals surface area contributed by atoms with E-state index >= 15 is 0 Å². The molecule has 0 amide bonds. The molecule has 0 aromatic carbocycles. The normalized spacial score (nSPS) is 13.9. The Morgan fingerprint density at radius 3 is 2.40 bits per heavy atom. The van der Waals surface area contributed by atoms with Crippen molar-refractivity contribution in [3.63, 3.8) is 0 Å². The van der Waals surface area contributed by atoms with E-state index in [0.717, 1.165) is 26.1 Å². The van der Waals surface area contributed by atoms with Crippen LogP contribution in [0.2, 0.25) is 0 Å². The van der Waals surface area contributed by atoms with Crippen molar-refractivity contribution in [1.29, 1.82) is 0 Å². The van der Waals surface area contributed by atoms with Gasteiger partial charge in [-0.3, -0.25) is 0 Å². The SMILES string of the molecule is CCOCCCC(COCC)O[P+](C)=O. The van der Waals surface area contributed by atoms with E-state index < -0.39 is 8.03 Å². The maximum Gasteiger partial charge on any atom is 0.505 e. The van der Waals surface area contributed by atoms with E-state index in [2.05, 4.69) is 0 Å². The third-order valence-electron chi connectivity index (χ3n) is 1.82. The number of hydrogen-bond acceptors (Lipinski definition) is 4. The minimum atomic E-state index is -1.55. The van der Waals surface area contributed by atoms with Gasteiger partial charge in [0.15, 0.2) is 6.66 Å². The molecule has 0 rings (SSSR count). The van der Waals surface area contributed by atoms with Gasteiger partial charge in [0.1, 0.15) is 6.10 Å². The van der Waals surface area contributed by atoms with Crippen LogP contribution in [0.25, 0.3) is 0 Å². The summed E-state index contributed by atoms with van der Waals surface area (Å²) in [5.41, 5.74) is 0. The molecular weight excluding hydrogens is 215 g/mol.